The fourth-order valence-electron chi connectivity index (χ4n) is 1.60. The first-order valence-corrected chi connectivity index (χ1v) is 5.83. The molecule has 9 nitrogen and oxygen atoms in total. The van der Waals surface area contributed by atoms with E-state index < -0.39 is 4.92 Å². The Labute approximate surface area is 113 Å². The molecule has 0 saturated heterocycles. The van der Waals surface area contributed by atoms with Gasteiger partial charge in [0.25, 0.3) is 0 Å². The van der Waals surface area contributed by atoms with Gasteiger partial charge in [-0.05, 0) is 6.42 Å². The van der Waals surface area contributed by atoms with Gasteiger partial charge in [0, 0.05) is 25.2 Å². The molecule has 9 heteroatoms. The Hall–Kier alpha value is -3.02. The fraction of sp³-hybridized carbons (Fsp3) is 0.273. The summed E-state index contributed by atoms with van der Waals surface area (Å²) in [7, 11) is 0. The number of anilines is 1. The summed E-state index contributed by atoms with van der Waals surface area (Å²) in [4.78, 5) is 18.2. The number of hydrogen-bond donors (Lipinski definition) is 2. The summed E-state index contributed by atoms with van der Waals surface area (Å²) in [6.45, 7) is 0.500. The van der Waals surface area contributed by atoms with Crippen LogP contribution in [0.3, 0.4) is 0 Å². The van der Waals surface area contributed by atoms with Gasteiger partial charge >= 0.3 is 5.69 Å². The highest BCUT2D eigenvalue weighted by atomic mass is 16.6. The number of nitriles is 1. The second-order valence-electron chi connectivity index (χ2n) is 3.92. The highest BCUT2D eigenvalue weighted by Gasteiger charge is 2.15. The number of aromatic amines is 1. The Morgan fingerprint density at radius 2 is 2.35 bits per heavy atom. The van der Waals surface area contributed by atoms with Gasteiger partial charge in [-0.1, -0.05) is 0 Å². The first-order valence-electron chi connectivity index (χ1n) is 5.83. The molecule has 0 aromatic carbocycles. The molecule has 0 spiro atoms. The predicted octanol–water partition coefficient (Wildman–Crippen LogP) is 1.02. The predicted molar refractivity (Wildman–Crippen MR) is 68.8 cm³/mol. The van der Waals surface area contributed by atoms with E-state index in [2.05, 4.69) is 25.5 Å². The molecule has 0 unspecified atom stereocenters. The minimum atomic E-state index is -0.563. The van der Waals surface area contributed by atoms with E-state index >= 15 is 0 Å². The lowest BCUT2D eigenvalue weighted by Gasteiger charge is -2.05. The lowest BCUT2D eigenvalue weighted by molar-refractivity contribution is -0.384. The molecule has 0 aliphatic carbocycles. The molecule has 20 heavy (non-hydrogen) atoms. The van der Waals surface area contributed by atoms with E-state index in [1.54, 1.807) is 0 Å². The fourth-order valence-corrected chi connectivity index (χ4v) is 1.60. The third-order valence-corrected chi connectivity index (χ3v) is 2.54. The van der Waals surface area contributed by atoms with E-state index in [1.807, 2.05) is 6.07 Å². The number of aromatic nitrogens is 4. The van der Waals surface area contributed by atoms with Crippen molar-refractivity contribution in [3.05, 3.63) is 40.1 Å². The number of nitro groups is 1. The van der Waals surface area contributed by atoms with Crippen LogP contribution in [-0.2, 0) is 6.42 Å². The second kappa shape index (κ2) is 6.24. The van der Waals surface area contributed by atoms with Gasteiger partial charge in [0.15, 0.2) is 0 Å². The van der Waals surface area contributed by atoms with Crippen molar-refractivity contribution in [3.63, 3.8) is 0 Å². The third kappa shape index (κ3) is 3.26. The lowest BCUT2D eigenvalue weighted by atomic mass is 10.2. The topological polar surface area (TPSA) is 133 Å². The van der Waals surface area contributed by atoms with Gasteiger partial charge in [-0.15, -0.1) is 0 Å². The van der Waals surface area contributed by atoms with Gasteiger partial charge < -0.3 is 5.32 Å². The van der Waals surface area contributed by atoms with Crippen LogP contribution >= 0.6 is 0 Å². The average Bonchev–Trinajstić information content (AvgIpc) is 2.96. The molecule has 2 aromatic rings. The third-order valence-electron chi connectivity index (χ3n) is 2.54. The highest BCUT2D eigenvalue weighted by Crippen LogP contribution is 2.22. The molecule has 0 saturated carbocycles. The Morgan fingerprint density at radius 3 is 3.00 bits per heavy atom. The van der Waals surface area contributed by atoms with Gasteiger partial charge in [-0.2, -0.15) is 10.4 Å². The average molecular weight is 273 g/mol. The van der Waals surface area contributed by atoms with E-state index in [0.717, 1.165) is 5.82 Å². The van der Waals surface area contributed by atoms with Crippen LogP contribution in [0, 0.1) is 21.4 Å². The van der Waals surface area contributed by atoms with Crippen molar-refractivity contribution in [2.24, 2.45) is 0 Å². The zero-order valence-electron chi connectivity index (χ0n) is 10.4. The number of nitrogens with one attached hydrogen (secondary N) is 2. The number of aryl methyl sites for hydroxylation is 1. The zero-order chi connectivity index (χ0) is 14.4. The van der Waals surface area contributed by atoms with Gasteiger partial charge in [0.05, 0.1) is 10.5 Å². The van der Waals surface area contributed by atoms with Crippen LogP contribution in [0.1, 0.15) is 17.8 Å². The number of nitrogens with zero attached hydrogens (tertiary/aromatic N) is 5. The number of pyridine rings is 1. The Balaban J connectivity index is 1.95. The minimum Gasteiger partial charge on any atom is -0.364 e. The van der Waals surface area contributed by atoms with Crippen LogP contribution < -0.4 is 5.32 Å². The highest BCUT2D eigenvalue weighted by molar-refractivity contribution is 5.58. The van der Waals surface area contributed by atoms with Gasteiger partial charge in [-0.25, -0.2) is 9.97 Å². The summed E-state index contributed by atoms with van der Waals surface area (Å²) in [5.74, 6) is 0.917. The minimum absolute atomic E-state index is 0.156. The van der Waals surface area contributed by atoms with Crippen LogP contribution in [0.4, 0.5) is 11.5 Å². The maximum absolute atomic E-state index is 10.9. The maximum Gasteiger partial charge on any atom is 0.312 e. The number of rotatable bonds is 6. The Morgan fingerprint density at radius 1 is 1.50 bits per heavy atom. The van der Waals surface area contributed by atoms with E-state index in [1.165, 1.54) is 18.6 Å². The quantitative estimate of drug-likeness (QED) is 0.456. The standard InChI is InChI=1S/C11H11N7O2/c12-5-8-4-9(18(19)20)11(14-6-8)13-3-1-2-10-15-7-16-17-10/h4,6-7H,1-3H2,(H,13,14)(H,15,16,17). The molecule has 2 aromatic heterocycles. The van der Waals surface area contributed by atoms with E-state index in [0.29, 0.717) is 19.4 Å². The number of H-pyrrole nitrogens is 1. The zero-order valence-corrected chi connectivity index (χ0v) is 10.4. The largest absolute Gasteiger partial charge is 0.364 e. The van der Waals surface area contributed by atoms with Crippen molar-refractivity contribution in [2.75, 3.05) is 11.9 Å². The number of hydrogen-bond acceptors (Lipinski definition) is 7. The molecule has 0 amide bonds. The first kappa shape index (κ1) is 13.4. The van der Waals surface area contributed by atoms with Crippen molar-refractivity contribution in [2.45, 2.75) is 12.8 Å². The van der Waals surface area contributed by atoms with Crippen LogP contribution in [-0.4, -0.2) is 31.6 Å². The van der Waals surface area contributed by atoms with E-state index in [9.17, 15) is 10.1 Å². The SMILES string of the molecule is N#Cc1cnc(NCCCc2ncn[nH]2)c([N+](=O)[O-])c1. The molecule has 0 bridgehead atoms. The van der Waals surface area contributed by atoms with Crippen molar-refractivity contribution in [1.82, 2.24) is 20.2 Å². The molecule has 0 aliphatic heterocycles. The normalized spacial score (nSPS) is 9.95. The summed E-state index contributed by atoms with van der Waals surface area (Å²) in [6.07, 6.45) is 4.12. The van der Waals surface area contributed by atoms with Crippen molar-refractivity contribution in [3.8, 4) is 6.07 Å². The van der Waals surface area contributed by atoms with Gasteiger partial charge in [0.2, 0.25) is 5.82 Å². The molecule has 0 radical (unpaired) electrons. The molecule has 0 atom stereocenters. The van der Waals surface area contributed by atoms with E-state index in [4.69, 9.17) is 5.26 Å². The molecule has 2 heterocycles. The van der Waals surface area contributed by atoms with E-state index in [-0.39, 0.29) is 17.1 Å². The summed E-state index contributed by atoms with van der Waals surface area (Å²) in [5, 5.41) is 28.9. The molecule has 102 valence electrons. The molecule has 2 rings (SSSR count). The Kier molecular flexibility index (Phi) is 4.18. The monoisotopic (exact) mass is 273 g/mol. The molecule has 2 N–H and O–H groups in total. The molecule has 0 fully saturated rings. The first-order chi connectivity index (χ1) is 9.70. The summed E-state index contributed by atoms with van der Waals surface area (Å²) in [5.41, 5.74) is -0.0485. The van der Waals surface area contributed by atoms with Crippen LogP contribution in [0.25, 0.3) is 0 Å². The lowest BCUT2D eigenvalue weighted by Crippen LogP contribution is -2.07. The molecule has 0 aliphatic rings. The van der Waals surface area contributed by atoms with Crippen LogP contribution in [0.2, 0.25) is 0 Å². The summed E-state index contributed by atoms with van der Waals surface area (Å²) < 4.78 is 0. The summed E-state index contributed by atoms with van der Waals surface area (Å²) >= 11 is 0. The second-order valence-corrected chi connectivity index (χ2v) is 3.92. The van der Waals surface area contributed by atoms with Crippen LogP contribution in [0.15, 0.2) is 18.6 Å². The maximum atomic E-state index is 10.9. The molecular weight excluding hydrogens is 262 g/mol. The van der Waals surface area contributed by atoms with Gasteiger partial charge in [-0.3, -0.25) is 15.2 Å². The molecular formula is C11H11N7O2. The van der Waals surface area contributed by atoms with Crippen molar-refractivity contribution in [1.29, 1.82) is 5.26 Å². The Bertz CT molecular complexity index is 633. The smallest absolute Gasteiger partial charge is 0.312 e. The van der Waals surface area contributed by atoms with Crippen molar-refractivity contribution >= 4 is 11.5 Å². The summed E-state index contributed by atoms with van der Waals surface area (Å²) in [6, 6.07) is 3.02. The van der Waals surface area contributed by atoms with Crippen molar-refractivity contribution < 1.29 is 4.92 Å². The van der Waals surface area contributed by atoms with Crippen LogP contribution in [0.5, 0.6) is 0 Å². The van der Waals surface area contributed by atoms with Gasteiger partial charge in [0.1, 0.15) is 18.2 Å².